The first-order valence-electron chi connectivity index (χ1n) is 19.0. The Hall–Kier alpha value is -2.90. The summed E-state index contributed by atoms with van der Waals surface area (Å²) in [7, 11) is 0. The highest BCUT2D eigenvalue weighted by molar-refractivity contribution is 6.30. The molecule has 3 aromatic rings. The van der Waals surface area contributed by atoms with Crippen LogP contribution in [0.2, 0.25) is 5.02 Å². The lowest BCUT2D eigenvalue weighted by atomic mass is 9.47. The predicted molar refractivity (Wildman–Crippen MR) is 196 cm³/mol. The first-order valence-corrected chi connectivity index (χ1v) is 19.3. The molecule has 5 heteroatoms. The quantitative estimate of drug-likeness (QED) is 0.214. The van der Waals surface area contributed by atoms with Gasteiger partial charge in [0.25, 0.3) is 0 Å². The van der Waals surface area contributed by atoms with Crippen molar-refractivity contribution in [1.82, 2.24) is 15.0 Å². The van der Waals surface area contributed by atoms with E-state index < -0.39 is 0 Å². The van der Waals surface area contributed by atoms with E-state index in [1.54, 1.807) is 5.57 Å². The van der Waals surface area contributed by atoms with Crippen LogP contribution in [0, 0.1) is 57.7 Å². The topological polar surface area (TPSA) is 54.5 Å². The van der Waals surface area contributed by atoms with Crippen LogP contribution >= 0.6 is 11.6 Å². The number of aromatic nitrogens is 3. The summed E-state index contributed by atoms with van der Waals surface area (Å²) in [6.07, 6.45) is 19.6. The van der Waals surface area contributed by atoms with Gasteiger partial charge in [-0.25, -0.2) is 4.68 Å². The van der Waals surface area contributed by atoms with Crippen molar-refractivity contribution in [2.24, 2.45) is 46.3 Å². The second-order valence-electron chi connectivity index (χ2n) is 17.0. The van der Waals surface area contributed by atoms with Crippen molar-refractivity contribution in [3.8, 4) is 17.3 Å². The van der Waals surface area contributed by atoms with E-state index in [4.69, 9.17) is 11.6 Å². The lowest BCUT2D eigenvalue weighted by Gasteiger charge is -2.58. The molecular formula is C43H55ClN4. The van der Waals surface area contributed by atoms with Crippen molar-refractivity contribution in [2.45, 2.75) is 117 Å². The van der Waals surface area contributed by atoms with Crippen LogP contribution in [-0.2, 0) is 0 Å². The van der Waals surface area contributed by atoms with Gasteiger partial charge in [0.05, 0.1) is 24.2 Å². The minimum atomic E-state index is -0.331. The van der Waals surface area contributed by atoms with E-state index in [1.807, 2.05) is 36.4 Å². The van der Waals surface area contributed by atoms with Gasteiger partial charge < -0.3 is 0 Å². The van der Waals surface area contributed by atoms with Gasteiger partial charge in [-0.1, -0.05) is 119 Å². The molecule has 7 rings (SSSR count). The Labute approximate surface area is 294 Å². The van der Waals surface area contributed by atoms with Gasteiger partial charge in [-0.3, -0.25) is 0 Å². The Bertz CT molecular complexity index is 1650. The zero-order chi connectivity index (χ0) is 33.6. The van der Waals surface area contributed by atoms with Crippen LogP contribution < -0.4 is 0 Å². The van der Waals surface area contributed by atoms with Crippen LogP contribution in [0.3, 0.4) is 0 Å². The fraction of sp³-hybridized carbons (Fsp3) is 0.605. The maximum atomic E-state index is 9.91. The van der Waals surface area contributed by atoms with E-state index in [2.05, 4.69) is 80.1 Å². The highest BCUT2D eigenvalue weighted by Crippen LogP contribution is 2.67. The molecule has 3 fully saturated rings. The lowest BCUT2D eigenvalue weighted by Crippen LogP contribution is -2.50. The summed E-state index contributed by atoms with van der Waals surface area (Å²) in [5, 5.41) is 19.9. The van der Waals surface area contributed by atoms with Gasteiger partial charge >= 0.3 is 0 Å². The lowest BCUT2D eigenvalue weighted by molar-refractivity contribution is -0.0525. The van der Waals surface area contributed by atoms with E-state index >= 15 is 0 Å². The summed E-state index contributed by atoms with van der Waals surface area (Å²) in [6, 6.07) is 18.6. The average molecular weight is 663 g/mol. The Morgan fingerprint density at radius 1 is 0.917 bits per heavy atom. The Morgan fingerprint density at radius 3 is 2.35 bits per heavy atom. The molecule has 3 saturated carbocycles. The zero-order valence-corrected chi connectivity index (χ0v) is 30.6. The number of hydrogen-bond donors (Lipinski definition) is 0. The predicted octanol–water partition coefficient (Wildman–Crippen LogP) is 11.8. The van der Waals surface area contributed by atoms with Crippen LogP contribution in [0.5, 0.6) is 0 Å². The number of benzene rings is 2. The molecule has 0 bridgehead atoms. The highest BCUT2D eigenvalue weighted by Gasteiger charge is 2.59. The van der Waals surface area contributed by atoms with Gasteiger partial charge in [0, 0.05) is 10.6 Å². The third-order valence-electron chi connectivity index (χ3n) is 14.0. The normalized spacial score (nSPS) is 32.5. The maximum absolute atomic E-state index is 9.91. The van der Waals surface area contributed by atoms with Gasteiger partial charge in [0.1, 0.15) is 5.69 Å². The van der Waals surface area contributed by atoms with Gasteiger partial charge in [-0.2, -0.15) is 5.26 Å². The van der Waals surface area contributed by atoms with Crippen LogP contribution in [0.15, 0.2) is 66.4 Å². The molecule has 0 radical (unpaired) electrons. The standard InChI is InChI=1S/C43H55ClN4/c1-28(2)7-6-8-29(3)38-19-20-39-36-18-15-33-25-35(21-23-42(33,4)40(36)22-24-43(38,39)5)48-27-41(46-47-48)32-11-9-30(10-12-32)37(26-45)31-13-16-34(44)17-14-31/h9-17,27-29,35-40H,6-8,18-25H2,1-5H3. The Balaban J connectivity index is 1.02. The molecule has 0 spiro atoms. The second-order valence-corrected chi connectivity index (χ2v) is 17.4. The van der Waals surface area contributed by atoms with E-state index in [0.29, 0.717) is 21.9 Å². The van der Waals surface area contributed by atoms with Crippen LogP contribution in [-0.4, -0.2) is 15.0 Å². The average Bonchev–Trinajstić information content (AvgIpc) is 3.71. The first-order chi connectivity index (χ1) is 23.1. The molecule has 254 valence electrons. The highest BCUT2D eigenvalue weighted by atomic mass is 35.5. The monoisotopic (exact) mass is 662 g/mol. The number of allylic oxidation sites excluding steroid dienone is 2. The number of nitriles is 1. The molecule has 0 aliphatic heterocycles. The van der Waals surface area contributed by atoms with Crippen molar-refractivity contribution in [1.29, 1.82) is 5.26 Å². The summed E-state index contributed by atoms with van der Waals surface area (Å²) < 4.78 is 2.14. The smallest absolute Gasteiger partial charge is 0.113 e. The van der Waals surface area contributed by atoms with Crippen molar-refractivity contribution < 1.29 is 0 Å². The summed E-state index contributed by atoms with van der Waals surface area (Å²) in [5.41, 5.74) is 6.43. The number of rotatable bonds is 9. The van der Waals surface area contributed by atoms with E-state index in [-0.39, 0.29) is 5.92 Å². The van der Waals surface area contributed by atoms with Crippen LogP contribution in [0.1, 0.15) is 128 Å². The largest absolute Gasteiger partial charge is 0.249 e. The van der Waals surface area contributed by atoms with Crippen molar-refractivity contribution in [2.75, 3.05) is 0 Å². The number of nitrogens with zero attached hydrogens (tertiary/aromatic N) is 4. The van der Waals surface area contributed by atoms with Gasteiger partial charge in [0.2, 0.25) is 0 Å². The molecule has 9 unspecified atom stereocenters. The van der Waals surface area contributed by atoms with Crippen molar-refractivity contribution >= 4 is 11.6 Å². The molecule has 1 aromatic heterocycles. The summed E-state index contributed by atoms with van der Waals surface area (Å²) in [5.74, 6) is 4.88. The number of halogens is 1. The summed E-state index contributed by atoms with van der Waals surface area (Å²) in [4.78, 5) is 0. The van der Waals surface area contributed by atoms with E-state index in [9.17, 15) is 5.26 Å². The van der Waals surface area contributed by atoms with Gasteiger partial charge in [-0.15, -0.1) is 5.10 Å². The molecule has 4 aliphatic carbocycles. The van der Waals surface area contributed by atoms with Crippen molar-refractivity contribution in [3.05, 3.63) is 82.5 Å². The Kier molecular flexibility index (Phi) is 9.40. The molecule has 2 aromatic carbocycles. The summed E-state index contributed by atoms with van der Waals surface area (Å²) >= 11 is 6.07. The van der Waals surface area contributed by atoms with Crippen LogP contribution in [0.4, 0.5) is 0 Å². The van der Waals surface area contributed by atoms with Gasteiger partial charge in [0.15, 0.2) is 0 Å². The van der Waals surface area contributed by atoms with Gasteiger partial charge in [-0.05, 0) is 121 Å². The van der Waals surface area contributed by atoms with E-state index in [0.717, 1.165) is 64.3 Å². The fourth-order valence-electron chi connectivity index (χ4n) is 11.3. The Morgan fingerprint density at radius 2 is 1.65 bits per heavy atom. The third kappa shape index (κ3) is 6.08. The van der Waals surface area contributed by atoms with E-state index in [1.165, 1.54) is 64.2 Å². The molecule has 1 heterocycles. The third-order valence-corrected chi connectivity index (χ3v) is 14.3. The molecular weight excluding hydrogens is 608 g/mol. The molecule has 4 aliphatic rings. The minimum absolute atomic E-state index is 0.331. The maximum Gasteiger partial charge on any atom is 0.113 e. The number of hydrogen-bond acceptors (Lipinski definition) is 3. The summed E-state index contributed by atoms with van der Waals surface area (Å²) in [6.45, 7) is 12.7. The minimum Gasteiger partial charge on any atom is -0.249 e. The SMILES string of the molecule is CC(C)CCCC(C)C1CCC2C3CC=C4CC(n5cc(-c6ccc(C(C#N)c7ccc(Cl)cc7)cc6)nn5)CCC4(C)C3CCC12C. The molecule has 0 saturated heterocycles. The van der Waals surface area contributed by atoms with Crippen LogP contribution in [0.25, 0.3) is 11.3 Å². The molecule has 9 atom stereocenters. The van der Waals surface area contributed by atoms with Crippen molar-refractivity contribution in [3.63, 3.8) is 0 Å². The fourth-order valence-corrected chi connectivity index (χ4v) is 11.4. The number of fused-ring (bicyclic) bond motifs is 5. The molecule has 0 amide bonds. The first kappa shape index (κ1) is 33.6. The zero-order valence-electron chi connectivity index (χ0n) is 29.8. The second kappa shape index (κ2) is 13.4. The molecule has 4 nitrogen and oxygen atoms in total. The molecule has 0 N–H and O–H groups in total. The molecule has 48 heavy (non-hydrogen) atoms.